The van der Waals surface area contributed by atoms with Crippen molar-refractivity contribution in [2.45, 2.75) is 25.4 Å². The van der Waals surface area contributed by atoms with Crippen molar-refractivity contribution >= 4 is 5.69 Å². The Hall–Kier alpha value is -1.87. The normalized spacial score (nSPS) is 14.9. The minimum absolute atomic E-state index is 0.293. The third kappa shape index (κ3) is 2.93. The van der Waals surface area contributed by atoms with E-state index in [1.807, 2.05) is 0 Å². The molecule has 0 aliphatic rings. The van der Waals surface area contributed by atoms with Crippen LogP contribution in [0.25, 0.3) is 0 Å². The van der Waals surface area contributed by atoms with Crippen molar-refractivity contribution in [1.82, 2.24) is 0 Å². The number of hydrogen-bond donors (Lipinski definition) is 0. The van der Waals surface area contributed by atoms with Gasteiger partial charge in [0.2, 0.25) is 0 Å². The van der Waals surface area contributed by atoms with Crippen LogP contribution in [0.15, 0.2) is 24.3 Å². The SMILES string of the molecule is CC(C(F)c1ccc([N+](=O)[O-])cc1)(C(F)(F)F)C(F)(F)F. The van der Waals surface area contributed by atoms with Crippen LogP contribution in [0.4, 0.5) is 36.4 Å². The zero-order chi connectivity index (χ0) is 16.6. The molecular formula is C11H8F7NO2. The van der Waals surface area contributed by atoms with Gasteiger partial charge < -0.3 is 0 Å². The number of halogens is 7. The maximum Gasteiger partial charge on any atom is 0.406 e. The van der Waals surface area contributed by atoms with E-state index < -0.39 is 40.1 Å². The Morgan fingerprint density at radius 2 is 1.38 bits per heavy atom. The van der Waals surface area contributed by atoms with Crippen molar-refractivity contribution in [3.8, 4) is 0 Å². The number of hydrogen-bond acceptors (Lipinski definition) is 2. The molecule has 0 fully saturated rings. The molecule has 0 aliphatic carbocycles. The quantitative estimate of drug-likeness (QED) is 0.459. The van der Waals surface area contributed by atoms with Crippen LogP contribution < -0.4 is 0 Å². The monoisotopic (exact) mass is 319 g/mol. The predicted molar refractivity (Wildman–Crippen MR) is 57.2 cm³/mol. The Bertz CT molecular complexity index is 507. The highest BCUT2D eigenvalue weighted by Gasteiger charge is 2.72. The van der Waals surface area contributed by atoms with Crippen molar-refractivity contribution < 1.29 is 35.7 Å². The zero-order valence-electron chi connectivity index (χ0n) is 10.3. The topological polar surface area (TPSA) is 43.1 Å². The van der Waals surface area contributed by atoms with E-state index in [0.29, 0.717) is 24.3 Å². The second kappa shape index (κ2) is 5.15. The Labute approximate surface area is 113 Å². The average molecular weight is 319 g/mol. The fourth-order valence-electron chi connectivity index (χ4n) is 1.55. The molecule has 0 N–H and O–H groups in total. The number of rotatable bonds is 3. The molecule has 0 aromatic heterocycles. The maximum absolute atomic E-state index is 13.9. The van der Waals surface area contributed by atoms with Gasteiger partial charge in [-0.1, -0.05) is 0 Å². The van der Waals surface area contributed by atoms with Gasteiger partial charge in [0.25, 0.3) is 5.69 Å². The van der Waals surface area contributed by atoms with Crippen molar-refractivity contribution in [3.63, 3.8) is 0 Å². The number of nitro benzene ring substituents is 1. The fourth-order valence-corrected chi connectivity index (χ4v) is 1.55. The first-order valence-corrected chi connectivity index (χ1v) is 5.34. The van der Waals surface area contributed by atoms with Crippen LogP contribution in [0.5, 0.6) is 0 Å². The van der Waals surface area contributed by atoms with Crippen LogP contribution in [0.3, 0.4) is 0 Å². The lowest BCUT2D eigenvalue weighted by Gasteiger charge is -2.36. The van der Waals surface area contributed by atoms with Crippen LogP contribution in [-0.2, 0) is 0 Å². The van der Waals surface area contributed by atoms with Gasteiger partial charge in [-0.05, 0) is 24.6 Å². The second-order valence-electron chi connectivity index (χ2n) is 4.41. The predicted octanol–water partition coefficient (Wildman–Crippen LogP) is 4.74. The van der Waals surface area contributed by atoms with Gasteiger partial charge in [-0.2, -0.15) is 26.3 Å². The Morgan fingerprint density at radius 3 is 1.67 bits per heavy atom. The van der Waals surface area contributed by atoms with E-state index in [1.54, 1.807) is 0 Å². The van der Waals surface area contributed by atoms with E-state index in [4.69, 9.17) is 0 Å². The molecule has 0 amide bonds. The summed E-state index contributed by atoms with van der Waals surface area (Å²) in [6.07, 6.45) is -15.2. The van der Waals surface area contributed by atoms with Gasteiger partial charge in [-0.15, -0.1) is 0 Å². The third-order valence-electron chi connectivity index (χ3n) is 3.08. The molecule has 0 bridgehead atoms. The minimum Gasteiger partial charge on any atom is -0.258 e. The Kier molecular flexibility index (Phi) is 4.22. The molecule has 21 heavy (non-hydrogen) atoms. The molecule has 0 radical (unpaired) electrons. The van der Waals surface area contributed by atoms with E-state index in [-0.39, 0.29) is 6.92 Å². The van der Waals surface area contributed by atoms with Crippen molar-refractivity contribution in [1.29, 1.82) is 0 Å². The lowest BCUT2D eigenvalue weighted by atomic mass is 9.80. The molecule has 0 saturated heterocycles. The summed E-state index contributed by atoms with van der Waals surface area (Å²) in [5.41, 5.74) is -6.14. The van der Waals surface area contributed by atoms with Gasteiger partial charge in [0.05, 0.1) is 4.92 Å². The average Bonchev–Trinajstić information content (AvgIpc) is 2.34. The molecule has 1 rings (SSSR count). The summed E-state index contributed by atoms with van der Waals surface area (Å²) in [4.78, 5) is 9.44. The second-order valence-corrected chi connectivity index (χ2v) is 4.41. The molecular weight excluding hydrogens is 311 g/mol. The van der Waals surface area contributed by atoms with E-state index in [2.05, 4.69) is 0 Å². The van der Waals surface area contributed by atoms with Crippen molar-refractivity contribution in [2.24, 2.45) is 5.41 Å². The largest absolute Gasteiger partial charge is 0.406 e. The Morgan fingerprint density at radius 1 is 1.00 bits per heavy atom. The number of nitrogens with zero attached hydrogens (tertiary/aromatic N) is 1. The van der Waals surface area contributed by atoms with Gasteiger partial charge in [-0.25, -0.2) is 4.39 Å². The molecule has 0 spiro atoms. The van der Waals surface area contributed by atoms with Crippen molar-refractivity contribution in [3.05, 3.63) is 39.9 Å². The molecule has 3 nitrogen and oxygen atoms in total. The highest BCUT2D eigenvalue weighted by Crippen LogP contribution is 2.58. The summed E-state index contributed by atoms with van der Waals surface area (Å²) in [6.45, 7) is -0.293. The molecule has 1 aromatic carbocycles. The van der Waals surface area contributed by atoms with Gasteiger partial charge in [0.15, 0.2) is 5.41 Å². The summed E-state index contributed by atoms with van der Waals surface area (Å²) in [7, 11) is 0. The molecule has 118 valence electrons. The Balaban J connectivity index is 3.30. The van der Waals surface area contributed by atoms with Gasteiger partial charge in [0.1, 0.15) is 6.17 Å². The number of nitro groups is 1. The lowest BCUT2D eigenvalue weighted by Crippen LogP contribution is -2.50. The summed E-state index contributed by atoms with van der Waals surface area (Å²) in [5, 5.41) is 10.3. The fraction of sp³-hybridized carbons (Fsp3) is 0.455. The molecule has 10 heteroatoms. The lowest BCUT2D eigenvalue weighted by molar-refractivity contribution is -0.384. The smallest absolute Gasteiger partial charge is 0.258 e. The molecule has 1 atom stereocenters. The number of alkyl halides is 7. The first-order valence-electron chi connectivity index (χ1n) is 5.34. The van der Waals surface area contributed by atoms with Crippen LogP contribution >= 0.6 is 0 Å². The third-order valence-corrected chi connectivity index (χ3v) is 3.08. The van der Waals surface area contributed by atoms with Crippen LogP contribution in [0, 0.1) is 15.5 Å². The van der Waals surface area contributed by atoms with Gasteiger partial charge in [0, 0.05) is 12.1 Å². The zero-order valence-corrected chi connectivity index (χ0v) is 10.3. The highest BCUT2D eigenvalue weighted by molar-refractivity contribution is 5.34. The molecule has 1 aromatic rings. The van der Waals surface area contributed by atoms with Crippen molar-refractivity contribution in [2.75, 3.05) is 0 Å². The summed E-state index contributed by atoms with van der Waals surface area (Å²) in [6, 6.07) is 2.32. The standard InChI is InChI=1S/C11H8F7NO2/c1-9(10(13,14)15,11(16,17)18)8(12)6-2-4-7(5-3-6)19(20)21/h2-5,8H,1H3. The van der Waals surface area contributed by atoms with E-state index in [9.17, 15) is 40.8 Å². The molecule has 1 unspecified atom stereocenters. The maximum atomic E-state index is 13.9. The van der Waals surface area contributed by atoms with Crippen LogP contribution in [0.1, 0.15) is 18.7 Å². The van der Waals surface area contributed by atoms with E-state index in [1.165, 1.54) is 0 Å². The van der Waals surface area contributed by atoms with E-state index >= 15 is 0 Å². The molecule has 0 aliphatic heterocycles. The molecule has 0 saturated carbocycles. The minimum atomic E-state index is -5.88. The van der Waals surface area contributed by atoms with Crippen LogP contribution in [0.2, 0.25) is 0 Å². The first-order chi connectivity index (χ1) is 9.32. The van der Waals surface area contributed by atoms with Crippen LogP contribution in [-0.4, -0.2) is 17.3 Å². The number of benzene rings is 1. The van der Waals surface area contributed by atoms with E-state index in [0.717, 1.165) is 0 Å². The summed E-state index contributed by atoms with van der Waals surface area (Å²) < 4.78 is 90.0. The highest BCUT2D eigenvalue weighted by atomic mass is 19.4. The van der Waals surface area contributed by atoms with Gasteiger partial charge >= 0.3 is 12.4 Å². The van der Waals surface area contributed by atoms with Gasteiger partial charge in [-0.3, -0.25) is 10.1 Å². The number of non-ortho nitro benzene ring substituents is 1. The first kappa shape index (κ1) is 17.2. The molecule has 0 heterocycles. The summed E-state index contributed by atoms with van der Waals surface area (Å²) >= 11 is 0. The summed E-state index contributed by atoms with van der Waals surface area (Å²) in [5.74, 6) is 0.